The average Bonchev–Trinajstić information content (AvgIpc) is 2.33. The van der Waals surface area contributed by atoms with E-state index < -0.39 is 0 Å². The van der Waals surface area contributed by atoms with Crippen molar-refractivity contribution in [3.05, 3.63) is 33.7 Å². The van der Waals surface area contributed by atoms with Crippen LogP contribution in [-0.4, -0.2) is 0 Å². The first kappa shape index (κ1) is 10.1. The van der Waals surface area contributed by atoms with Gasteiger partial charge in [0.2, 0.25) is 0 Å². The van der Waals surface area contributed by atoms with E-state index in [1.165, 1.54) is 37.3 Å². The lowest BCUT2D eigenvalue weighted by Gasteiger charge is -2.30. The third-order valence-corrected chi connectivity index (χ3v) is 4.38. The molecule has 1 unspecified atom stereocenters. The molecule has 0 saturated heterocycles. The smallest absolute Gasteiger partial charge is 0.0150 e. The minimum atomic E-state index is 0.863. The van der Waals surface area contributed by atoms with Gasteiger partial charge in [0.05, 0.1) is 0 Å². The lowest BCUT2D eigenvalue weighted by Crippen LogP contribution is -2.37. The van der Waals surface area contributed by atoms with Crippen molar-refractivity contribution < 1.29 is 0 Å². The van der Waals surface area contributed by atoms with Crippen LogP contribution < -0.4 is 10.4 Å². The summed E-state index contributed by atoms with van der Waals surface area (Å²) in [5.41, 5.74) is 4.96. The standard InChI is InChI=1S/C16H20/c1-3-12-9-10-14-6-4-5-13-8-7-11(2)15(12)16(13)14/h3,9-10,13H,4-8H2,1-2H3/b12-3-. The largest absolute Gasteiger partial charge is 0.0798 e. The summed E-state index contributed by atoms with van der Waals surface area (Å²) in [6, 6.07) is 4.70. The van der Waals surface area contributed by atoms with Crippen LogP contribution in [0, 0.1) is 0 Å². The van der Waals surface area contributed by atoms with Gasteiger partial charge in [0, 0.05) is 0 Å². The van der Waals surface area contributed by atoms with E-state index in [2.05, 4.69) is 32.1 Å². The van der Waals surface area contributed by atoms with Gasteiger partial charge < -0.3 is 0 Å². The third kappa shape index (κ3) is 1.36. The van der Waals surface area contributed by atoms with Crippen molar-refractivity contribution >= 4 is 11.6 Å². The highest BCUT2D eigenvalue weighted by Crippen LogP contribution is 2.35. The molecule has 0 heterocycles. The molecule has 0 amide bonds. The van der Waals surface area contributed by atoms with Gasteiger partial charge in [-0.1, -0.05) is 23.8 Å². The molecule has 3 rings (SSSR count). The molecular weight excluding hydrogens is 192 g/mol. The van der Waals surface area contributed by atoms with Gasteiger partial charge in [-0.15, -0.1) is 0 Å². The molecule has 0 fully saturated rings. The van der Waals surface area contributed by atoms with E-state index in [0.29, 0.717) is 0 Å². The molecular formula is C16H20. The van der Waals surface area contributed by atoms with Crippen LogP contribution in [0.5, 0.6) is 0 Å². The Morgan fingerprint density at radius 3 is 2.88 bits per heavy atom. The van der Waals surface area contributed by atoms with Crippen LogP contribution >= 0.6 is 0 Å². The average molecular weight is 212 g/mol. The summed E-state index contributed by atoms with van der Waals surface area (Å²) in [5, 5.41) is 3.07. The molecule has 1 aromatic carbocycles. The van der Waals surface area contributed by atoms with Crippen LogP contribution in [0.15, 0.2) is 12.1 Å². The van der Waals surface area contributed by atoms with Gasteiger partial charge in [0.15, 0.2) is 0 Å². The summed E-state index contributed by atoms with van der Waals surface area (Å²) in [4.78, 5) is 0. The molecule has 0 N–H and O–H groups in total. The lowest BCUT2D eigenvalue weighted by molar-refractivity contribution is 0.513. The maximum absolute atomic E-state index is 2.37. The third-order valence-electron chi connectivity index (χ3n) is 4.38. The summed E-state index contributed by atoms with van der Waals surface area (Å²) in [5.74, 6) is 0.863. The summed E-state index contributed by atoms with van der Waals surface area (Å²) >= 11 is 0. The molecule has 1 aromatic rings. The predicted molar refractivity (Wildman–Crippen MR) is 69.8 cm³/mol. The molecule has 0 spiro atoms. The monoisotopic (exact) mass is 212 g/mol. The molecule has 2 aliphatic carbocycles. The zero-order valence-electron chi connectivity index (χ0n) is 10.3. The Morgan fingerprint density at radius 2 is 2.06 bits per heavy atom. The second-order valence-electron chi connectivity index (χ2n) is 5.30. The molecule has 0 radical (unpaired) electrons. The van der Waals surface area contributed by atoms with Gasteiger partial charge in [-0.3, -0.25) is 0 Å². The van der Waals surface area contributed by atoms with Crippen molar-refractivity contribution in [3.63, 3.8) is 0 Å². The van der Waals surface area contributed by atoms with E-state index in [4.69, 9.17) is 0 Å². The molecule has 84 valence electrons. The van der Waals surface area contributed by atoms with E-state index >= 15 is 0 Å². The Kier molecular flexibility index (Phi) is 2.38. The van der Waals surface area contributed by atoms with Crippen molar-refractivity contribution in [2.75, 3.05) is 0 Å². The number of hydrogen-bond acceptors (Lipinski definition) is 0. The fraction of sp³-hybridized carbons (Fsp3) is 0.500. The summed E-state index contributed by atoms with van der Waals surface area (Å²) < 4.78 is 0. The number of hydrogen-bond donors (Lipinski definition) is 0. The van der Waals surface area contributed by atoms with Gasteiger partial charge in [0.1, 0.15) is 0 Å². The van der Waals surface area contributed by atoms with Crippen molar-refractivity contribution in [3.8, 4) is 0 Å². The van der Waals surface area contributed by atoms with Crippen LogP contribution in [0.25, 0.3) is 11.6 Å². The Hall–Kier alpha value is -1.04. The number of rotatable bonds is 0. The molecule has 0 nitrogen and oxygen atoms in total. The quantitative estimate of drug-likeness (QED) is 0.620. The Balaban J connectivity index is 2.45. The van der Waals surface area contributed by atoms with Crippen molar-refractivity contribution in [2.45, 2.75) is 51.9 Å². The van der Waals surface area contributed by atoms with Crippen LogP contribution in [0.1, 0.15) is 56.6 Å². The first-order chi connectivity index (χ1) is 7.81. The lowest BCUT2D eigenvalue weighted by atomic mass is 9.74. The summed E-state index contributed by atoms with van der Waals surface area (Å²) in [6.07, 6.45) is 9.08. The summed E-state index contributed by atoms with van der Waals surface area (Å²) in [7, 11) is 0. The van der Waals surface area contributed by atoms with Gasteiger partial charge in [-0.25, -0.2) is 0 Å². The molecule has 0 aromatic heterocycles. The second-order valence-corrected chi connectivity index (χ2v) is 5.30. The molecule has 0 saturated carbocycles. The zero-order chi connectivity index (χ0) is 11.1. The van der Waals surface area contributed by atoms with Crippen LogP contribution in [-0.2, 0) is 6.42 Å². The fourth-order valence-corrected chi connectivity index (χ4v) is 3.57. The number of aryl methyl sites for hydroxylation is 1. The van der Waals surface area contributed by atoms with Crippen LogP contribution in [0.4, 0.5) is 0 Å². The maximum Gasteiger partial charge on any atom is -0.0150 e. The Morgan fingerprint density at radius 1 is 1.19 bits per heavy atom. The van der Waals surface area contributed by atoms with E-state index in [1.54, 1.807) is 21.9 Å². The van der Waals surface area contributed by atoms with Gasteiger partial charge >= 0.3 is 0 Å². The molecule has 1 atom stereocenters. The van der Waals surface area contributed by atoms with Crippen LogP contribution in [0.3, 0.4) is 0 Å². The minimum absolute atomic E-state index is 0.863. The van der Waals surface area contributed by atoms with E-state index in [1.807, 2.05) is 0 Å². The topological polar surface area (TPSA) is 0 Å². The highest BCUT2D eigenvalue weighted by atomic mass is 14.3. The first-order valence-electron chi connectivity index (χ1n) is 6.59. The second kappa shape index (κ2) is 3.76. The molecule has 16 heavy (non-hydrogen) atoms. The van der Waals surface area contributed by atoms with Crippen LogP contribution in [0.2, 0.25) is 0 Å². The van der Waals surface area contributed by atoms with Crippen molar-refractivity contribution in [1.29, 1.82) is 0 Å². The SMILES string of the molecule is C/C=c1/ccc2c3c1=C(C)CCC3CCC2. The fourth-order valence-electron chi connectivity index (χ4n) is 3.57. The van der Waals surface area contributed by atoms with Gasteiger partial charge in [-0.2, -0.15) is 0 Å². The Labute approximate surface area is 97.7 Å². The van der Waals surface area contributed by atoms with Gasteiger partial charge in [0.25, 0.3) is 0 Å². The maximum atomic E-state index is 2.37. The molecule has 2 aliphatic rings. The zero-order valence-corrected chi connectivity index (χ0v) is 10.3. The Bertz CT molecular complexity index is 534. The van der Waals surface area contributed by atoms with E-state index in [9.17, 15) is 0 Å². The number of benzene rings is 1. The van der Waals surface area contributed by atoms with E-state index in [0.717, 1.165) is 5.92 Å². The first-order valence-corrected chi connectivity index (χ1v) is 6.59. The van der Waals surface area contributed by atoms with Crippen molar-refractivity contribution in [1.82, 2.24) is 0 Å². The predicted octanol–water partition coefficient (Wildman–Crippen LogP) is 2.87. The minimum Gasteiger partial charge on any atom is -0.0798 e. The highest BCUT2D eigenvalue weighted by Gasteiger charge is 2.24. The van der Waals surface area contributed by atoms with Crippen molar-refractivity contribution in [2.24, 2.45) is 0 Å². The highest BCUT2D eigenvalue weighted by molar-refractivity contribution is 5.52. The molecule has 0 bridgehead atoms. The van der Waals surface area contributed by atoms with E-state index in [-0.39, 0.29) is 0 Å². The molecule has 0 heteroatoms. The van der Waals surface area contributed by atoms with Gasteiger partial charge in [-0.05, 0) is 73.4 Å². The summed E-state index contributed by atoms with van der Waals surface area (Å²) in [6.45, 7) is 4.49. The normalized spacial score (nSPS) is 24.5. The molecule has 0 aliphatic heterocycles.